The van der Waals surface area contributed by atoms with Gasteiger partial charge in [-0.25, -0.2) is 9.18 Å². The fourth-order valence-electron chi connectivity index (χ4n) is 1.31. The lowest BCUT2D eigenvalue weighted by Crippen LogP contribution is -2.30. The zero-order valence-corrected chi connectivity index (χ0v) is 9.43. The van der Waals surface area contributed by atoms with Gasteiger partial charge in [-0.3, -0.25) is 0 Å². The second-order valence-corrected chi connectivity index (χ2v) is 3.44. The Morgan fingerprint density at radius 2 is 1.94 bits per heavy atom. The number of hydrogen-bond acceptors (Lipinski definition) is 5. The molecule has 0 radical (unpaired) electrons. The van der Waals surface area contributed by atoms with E-state index in [0.717, 1.165) is 12.1 Å². The van der Waals surface area contributed by atoms with E-state index in [1.807, 2.05) is 0 Å². The molecule has 2 atom stereocenters. The molecule has 1 rings (SSSR count). The standard InChI is InChI=1S/C11H12F2O5/c1-2-18-11(17)10(16)9(15)5-3-4-6(14)8(13)7(5)12/h3-4,9-10,14-16H,2H2,1H3. The van der Waals surface area contributed by atoms with E-state index in [1.165, 1.54) is 6.92 Å². The summed E-state index contributed by atoms with van der Waals surface area (Å²) in [5.74, 6) is -5.19. The van der Waals surface area contributed by atoms with E-state index in [9.17, 15) is 23.8 Å². The van der Waals surface area contributed by atoms with E-state index in [2.05, 4.69) is 4.74 Å². The van der Waals surface area contributed by atoms with E-state index in [1.54, 1.807) is 0 Å². The number of halogens is 2. The highest BCUT2D eigenvalue weighted by Gasteiger charge is 2.30. The van der Waals surface area contributed by atoms with Gasteiger partial charge in [-0.05, 0) is 19.1 Å². The summed E-state index contributed by atoms with van der Waals surface area (Å²) in [7, 11) is 0. The summed E-state index contributed by atoms with van der Waals surface area (Å²) < 4.78 is 30.8. The summed E-state index contributed by atoms with van der Waals surface area (Å²) >= 11 is 0. The normalized spacial score (nSPS) is 14.1. The van der Waals surface area contributed by atoms with Gasteiger partial charge in [0.25, 0.3) is 0 Å². The molecule has 0 aromatic heterocycles. The molecule has 0 fully saturated rings. The Hall–Kier alpha value is -1.73. The monoisotopic (exact) mass is 262 g/mol. The van der Waals surface area contributed by atoms with Crippen molar-refractivity contribution in [3.05, 3.63) is 29.3 Å². The lowest BCUT2D eigenvalue weighted by atomic mass is 10.0. The van der Waals surface area contributed by atoms with Gasteiger partial charge in [-0.1, -0.05) is 0 Å². The van der Waals surface area contributed by atoms with E-state index in [-0.39, 0.29) is 6.61 Å². The van der Waals surface area contributed by atoms with Gasteiger partial charge in [0.05, 0.1) is 6.61 Å². The van der Waals surface area contributed by atoms with Gasteiger partial charge < -0.3 is 20.1 Å². The molecule has 0 spiro atoms. The Morgan fingerprint density at radius 3 is 2.50 bits per heavy atom. The molecule has 1 aromatic rings. The maximum Gasteiger partial charge on any atom is 0.338 e. The average Bonchev–Trinajstić information content (AvgIpc) is 2.35. The first-order chi connectivity index (χ1) is 8.40. The molecule has 2 unspecified atom stereocenters. The summed E-state index contributed by atoms with van der Waals surface area (Å²) in [4.78, 5) is 11.1. The van der Waals surface area contributed by atoms with E-state index >= 15 is 0 Å². The lowest BCUT2D eigenvalue weighted by molar-refractivity contribution is -0.159. The van der Waals surface area contributed by atoms with E-state index in [0.29, 0.717) is 0 Å². The largest absolute Gasteiger partial charge is 0.505 e. The van der Waals surface area contributed by atoms with Crippen molar-refractivity contribution >= 4 is 5.97 Å². The topological polar surface area (TPSA) is 87.0 Å². The molecule has 5 nitrogen and oxygen atoms in total. The highest BCUT2D eigenvalue weighted by atomic mass is 19.2. The van der Waals surface area contributed by atoms with Crippen LogP contribution in [0.2, 0.25) is 0 Å². The van der Waals surface area contributed by atoms with Crippen LogP contribution in [0.1, 0.15) is 18.6 Å². The fourth-order valence-corrected chi connectivity index (χ4v) is 1.31. The molecule has 1 aromatic carbocycles. The van der Waals surface area contributed by atoms with Crippen molar-refractivity contribution in [1.29, 1.82) is 0 Å². The second kappa shape index (κ2) is 5.74. The number of benzene rings is 1. The number of carbonyl (C=O) groups is 1. The number of rotatable bonds is 4. The predicted molar refractivity (Wildman–Crippen MR) is 55.6 cm³/mol. The number of aliphatic hydroxyl groups is 2. The maximum absolute atomic E-state index is 13.4. The number of phenolic OH excluding ortho intramolecular Hbond substituents is 1. The minimum absolute atomic E-state index is 0.0327. The Kier molecular flexibility index (Phi) is 4.57. The number of esters is 1. The number of hydrogen-bond donors (Lipinski definition) is 3. The van der Waals surface area contributed by atoms with Crippen molar-refractivity contribution < 1.29 is 33.6 Å². The minimum Gasteiger partial charge on any atom is -0.505 e. The molecule has 0 aliphatic heterocycles. The van der Waals surface area contributed by atoms with Gasteiger partial charge in [-0.2, -0.15) is 4.39 Å². The first-order valence-electron chi connectivity index (χ1n) is 5.09. The Morgan fingerprint density at radius 1 is 1.33 bits per heavy atom. The first-order valence-corrected chi connectivity index (χ1v) is 5.09. The first kappa shape index (κ1) is 14.3. The summed E-state index contributed by atoms with van der Waals surface area (Å²) in [6.07, 6.45) is -4.03. The number of ether oxygens (including phenoxy) is 1. The molecule has 0 heterocycles. The summed E-state index contributed by atoms with van der Waals surface area (Å²) in [5, 5.41) is 27.8. The quantitative estimate of drug-likeness (QED) is 0.693. The van der Waals surface area contributed by atoms with Crippen LogP contribution < -0.4 is 0 Å². The highest BCUT2D eigenvalue weighted by molar-refractivity contribution is 5.75. The smallest absolute Gasteiger partial charge is 0.338 e. The lowest BCUT2D eigenvalue weighted by Gasteiger charge is -2.17. The van der Waals surface area contributed by atoms with Crippen LogP contribution in [0, 0.1) is 11.6 Å². The zero-order valence-electron chi connectivity index (χ0n) is 9.43. The Bertz CT molecular complexity index is 449. The van der Waals surface area contributed by atoms with Gasteiger partial charge in [-0.15, -0.1) is 0 Å². The van der Waals surface area contributed by atoms with Crippen molar-refractivity contribution in [3.63, 3.8) is 0 Å². The van der Waals surface area contributed by atoms with Gasteiger partial charge in [0.2, 0.25) is 5.82 Å². The fraction of sp³-hybridized carbons (Fsp3) is 0.364. The van der Waals surface area contributed by atoms with Gasteiger partial charge >= 0.3 is 5.97 Å². The van der Waals surface area contributed by atoms with Gasteiger partial charge in [0.15, 0.2) is 17.7 Å². The molecule has 0 bridgehead atoms. The number of aromatic hydroxyl groups is 1. The third-order valence-corrected chi connectivity index (χ3v) is 2.24. The molecular weight excluding hydrogens is 250 g/mol. The summed E-state index contributed by atoms with van der Waals surface area (Å²) in [6.45, 7) is 1.45. The molecule has 0 saturated carbocycles. The van der Waals surface area contributed by atoms with Crippen LogP contribution in [0.25, 0.3) is 0 Å². The van der Waals surface area contributed by atoms with Gasteiger partial charge in [0, 0.05) is 5.56 Å². The molecular formula is C11H12F2O5. The molecule has 7 heteroatoms. The molecule has 0 amide bonds. The molecule has 0 aliphatic rings. The SMILES string of the molecule is CCOC(=O)C(O)C(O)c1ccc(O)c(F)c1F. The van der Waals surface area contributed by atoms with Crippen LogP contribution in [-0.4, -0.2) is 34.0 Å². The van der Waals surface area contributed by atoms with Crippen LogP contribution in [-0.2, 0) is 9.53 Å². The molecule has 0 aliphatic carbocycles. The molecule has 3 N–H and O–H groups in total. The van der Waals surface area contributed by atoms with Crippen LogP contribution in [0.3, 0.4) is 0 Å². The van der Waals surface area contributed by atoms with E-state index < -0.39 is 41.1 Å². The van der Waals surface area contributed by atoms with Crippen LogP contribution >= 0.6 is 0 Å². The summed E-state index contributed by atoms with van der Waals surface area (Å²) in [5.41, 5.74) is -0.647. The number of phenols is 1. The van der Waals surface area contributed by atoms with Crippen LogP contribution in [0.5, 0.6) is 5.75 Å². The van der Waals surface area contributed by atoms with Crippen molar-refractivity contribution in [2.75, 3.05) is 6.61 Å². The molecule has 100 valence electrons. The Labute approximate surface area is 101 Å². The summed E-state index contributed by atoms with van der Waals surface area (Å²) in [6, 6.07) is 1.66. The van der Waals surface area contributed by atoms with Crippen molar-refractivity contribution in [2.45, 2.75) is 19.1 Å². The number of aliphatic hydroxyl groups excluding tert-OH is 2. The predicted octanol–water partition coefficient (Wildman–Crippen LogP) is 0.628. The van der Waals surface area contributed by atoms with Crippen molar-refractivity contribution in [2.24, 2.45) is 0 Å². The molecule has 0 saturated heterocycles. The Balaban J connectivity index is 3.00. The van der Waals surface area contributed by atoms with E-state index in [4.69, 9.17) is 5.11 Å². The third kappa shape index (κ3) is 2.74. The third-order valence-electron chi connectivity index (χ3n) is 2.24. The van der Waals surface area contributed by atoms with Crippen LogP contribution in [0.15, 0.2) is 12.1 Å². The average molecular weight is 262 g/mol. The van der Waals surface area contributed by atoms with Crippen molar-refractivity contribution in [1.82, 2.24) is 0 Å². The maximum atomic E-state index is 13.4. The van der Waals surface area contributed by atoms with Gasteiger partial charge in [0.1, 0.15) is 6.10 Å². The van der Waals surface area contributed by atoms with Crippen LogP contribution in [0.4, 0.5) is 8.78 Å². The second-order valence-electron chi connectivity index (χ2n) is 3.44. The number of carbonyl (C=O) groups excluding carboxylic acids is 1. The minimum atomic E-state index is -2.04. The highest BCUT2D eigenvalue weighted by Crippen LogP contribution is 2.27. The van der Waals surface area contributed by atoms with Crippen molar-refractivity contribution in [3.8, 4) is 5.75 Å². The zero-order chi connectivity index (χ0) is 13.9. The molecule has 18 heavy (non-hydrogen) atoms.